The highest BCUT2D eigenvalue weighted by molar-refractivity contribution is 4.90. The Labute approximate surface area is 93.0 Å². The molecule has 0 aromatic heterocycles. The predicted molar refractivity (Wildman–Crippen MR) is 61.8 cm³/mol. The molecule has 0 bridgehead atoms. The second kappa shape index (κ2) is 5.28. The van der Waals surface area contributed by atoms with Crippen molar-refractivity contribution in [3.8, 4) is 0 Å². The lowest BCUT2D eigenvalue weighted by Gasteiger charge is -2.38. The van der Waals surface area contributed by atoms with Gasteiger partial charge in [-0.05, 0) is 39.2 Å². The summed E-state index contributed by atoms with van der Waals surface area (Å²) in [6.07, 6.45) is 6.76. The average molecular weight is 212 g/mol. The van der Waals surface area contributed by atoms with Gasteiger partial charge in [0.2, 0.25) is 0 Å². The van der Waals surface area contributed by atoms with Crippen LogP contribution in [-0.2, 0) is 4.74 Å². The molecule has 0 amide bonds. The number of nitrogens with zero attached hydrogens (tertiary/aromatic N) is 1. The van der Waals surface area contributed by atoms with E-state index in [-0.39, 0.29) is 0 Å². The fourth-order valence-electron chi connectivity index (χ4n) is 3.06. The Morgan fingerprint density at radius 3 is 2.80 bits per heavy atom. The Bertz CT molecular complexity index is 196. The fraction of sp³-hybridized carbons (Fsp3) is 1.00. The van der Waals surface area contributed by atoms with E-state index in [0.29, 0.717) is 18.2 Å². The van der Waals surface area contributed by atoms with Crippen molar-refractivity contribution >= 4 is 0 Å². The summed E-state index contributed by atoms with van der Waals surface area (Å²) in [6, 6.07) is 1.04. The van der Waals surface area contributed by atoms with E-state index in [2.05, 4.69) is 11.8 Å². The lowest BCUT2D eigenvalue weighted by Crippen LogP contribution is -2.50. The molecule has 2 rings (SSSR count). The lowest BCUT2D eigenvalue weighted by molar-refractivity contribution is -0.00831. The zero-order valence-electron chi connectivity index (χ0n) is 9.82. The summed E-state index contributed by atoms with van der Waals surface area (Å²) in [7, 11) is 0. The highest BCUT2D eigenvalue weighted by Gasteiger charge is 2.32. The summed E-state index contributed by atoms with van der Waals surface area (Å²) in [5.41, 5.74) is 6.15. The largest absolute Gasteiger partial charge is 0.377 e. The van der Waals surface area contributed by atoms with Crippen LogP contribution in [-0.4, -0.2) is 42.8 Å². The van der Waals surface area contributed by atoms with E-state index in [4.69, 9.17) is 10.5 Å². The van der Waals surface area contributed by atoms with Crippen molar-refractivity contribution < 1.29 is 4.74 Å². The van der Waals surface area contributed by atoms with Gasteiger partial charge in [0.05, 0.1) is 6.10 Å². The number of nitrogens with two attached hydrogens (primary N) is 1. The maximum Gasteiger partial charge on any atom is 0.0702 e. The summed E-state index contributed by atoms with van der Waals surface area (Å²) in [5, 5.41) is 0. The molecule has 0 aromatic rings. The molecule has 3 nitrogen and oxygen atoms in total. The van der Waals surface area contributed by atoms with Crippen molar-refractivity contribution in [2.24, 2.45) is 5.73 Å². The maximum absolute atomic E-state index is 6.15. The van der Waals surface area contributed by atoms with Gasteiger partial charge in [0, 0.05) is 25.2 Å². The lowest BCUT2D eigenvalue weighted by atomic mass is 10.0. The second-order valence-corrected chi connectivity index (χ2v) is 4.88. The Morgan fingerprint density at radius 1 is 1.27 bits per heavy atom. The van der Waals surface area contributed by atoms with Gasteiger partial charge >= 0.3 is 0 Å². The van der Waals surface area contributed by atoms with Crippen LogP contribution >= 0.6 is 0 Å². The highest BCUT2D eigenvalue weighted by Crippen LogP contribution is 2.26. The molecule has 3 unspecified atom stereocenters. The van der Waals surface area contributed by atoms with Crippen LogP contribution in [0.4, 0.5) is 0 Å². The first kappa shape index (κ1) is 11.4. The molecular formula is C12H24N2O. The van der Waals surface area contributed by atoms with E-state index in [1.54, 1.807) is 0 Å². The molecule has 2 fully saturated rings. The molecule has 2 N–H and O–H groups in total. The summed E-state index contributed by atoms with van der Waals surface area (Å²) in [4.78, 5) is 2.57. The predicted octanol–water partition coefficient (Wildman–Crippen LogP) is 1.37. The first-order chi connectivity index (χ1) is 7.31. The Kier molecular flexibility index (Phi) is 4.00. The molecule has 1 aliphatic heterocycles. The van der Waals surface area contributed by atoms with Crippen LogP contribution in [0.25, 0.3) is 0 Å². The maximum atomic E-state index is 6.15. The van der Waals surface area contributed by atoms with Crippen LogP contribution in [0.5, 0.6) is 0 Å². The summed E-state index contributed by atoms with van der Waals surface area (Å²) >= 11 is 0. The van der Waals surface area contributed by atoms with Crippen molar-refractivity contribution in [3.63, 3.8) is 0 Å². The van der Waals surface area contributed by atoms with Gasteiger partial charge in [-0.3, -0.25) is 4.90 Å². The van der Waals surface area contributed by atoms with Gasteiger partial charge in [0.15, 0.2) is 0 Å². The van der Waals surface area contributed by atoms with Crippen LogP contribution in [0, 0.1) is 0 Å². The molecule has 0 radical (unpaired) electrons. The van der Waals surface area contributed by atoms with Crippen LogP contribution < -0.4 is 5.73 Å². The Hall–Kier alpha value is -0.120. The molecule has 2 aliphatic rings. The minimum absolute atomic E-state index is 0.408. The third-order valence-electron chi connectivity index (χ3n) is 3.81. The van der Waals surface area contributed by atoms with E-state index >= 15 is 0 Å². The minimum Gasteiger partial charge on any atom is -0.377 e. The number of rotatable bonds is 3. The molecule has 0 aromatic carbocycles. The first-order valence-electron chi connectivity index (χ1n) is 6.42. The highest BCUT2D eigenvalue weighted by atomic mass is 16.5. The van der Waals surface area contributed by atoms with Crippen molar-refractivity contribution in [2.75, 3.05) is 19.7 Å². The molecule has 3 atom stereocenters. The van der Waals surface area contributed by atoms with Gasteiger partial charge in [-0.25, -0.2) is 0 Å². The smallest absolute Gasteiger partial charge is 0.0702 e. The van der Waals surface area contributed by atoms with Gasteiger partial charge in [0.25, 0.3) is 0 Å². The molecule has 15 heavy (non-hydrogen) atoms. The Balaban J connectivity index is 1.86. The summed E-state index contributed by atoms with van der Waals surface area (Å²) in [5.74, 6) is 0. The van der Waals surface area contributed by atoms with E-state index in [1.165, 1.54) is 38.6 Å². The van der Waals surface area contributed by atoms with Crippen LogP contribution in [0.15, 0.2) is 0 Å². The molecule has 1 saturated heterocycles. The first-order valence-corrected chi connectivity index (χ1v) is 6.42. The molecule has 1 aliphatic carbocycles. The molecule has 3 heteroatoms. The van der Waals surface area contributed by atoms with E-state index in [9.17, 15) is 0 Å². The van der Waals surface area contributed by atoms with E-state index < -0.39 is 0 Å². The number of piperidine rings is 1. The number of likely N-dealkylation sites (tertiary alicyclic amines) is 1. The molecule has 1 saturated carbocycles. The van der Waals surface area contributed by atoms with Crippen molar-refractivity contribution in [2.45, 2.75) is 57.2 Å². The molecule has 88 valence electrons. The topological polar surface area (TPSA) is 38.5 Å². The quantitative estimate of drug-likeness (QED) is 0.768. The third kappa shape index (κ3) is 2.71. The molecule has 0 spiro atoms. The van der Waals surface area contributed by atoms with Gasteiger partial charge in [-0.1, -0.05) is 6.42 Å². The van der Waals surface area contributed by atoms with E-state index in [0.717, 1.165) is 13.2 Å². The summed E-state index contributed by atoms with van der Waals surface area (Å²) < 4.78 is 5.73. The SMILES string of the molecule is CCOC1CCCN(C2CCCC2N)C1. The van der Waals surface area contributed by atoms with Gasteiger partial charge in [0.1, 0.15) is 0 Å². The second-order valence-electron chi connectivity index (χ2n) is 4.88. The average Bonchev–Trinajstić information content (AvgIpc) is 2.65. The van der Waals surface area contributed by atoms with Crippen LogP contribution in [0.2, 0.25) is 0 Å². The normalized spacial score (nSPS) is 38.4. The Morgan fingerprint density at radius 2 is 2.13 bits per heavy atom. The standard InChI is InChI=1S/C12H24N2O/c1-2-15-10-5-4-8-14(9-10)12-7-3-6-11(12)13/h10-12H,2-9,13H2,1H3. The van der Waals surface area contributed by atoms with Crippen LogP contribution in [0.3, 0.4) is 0 Å². The van der Waals surface area contributed by atoms with Crippen molar-refractivity contribution in [3.05, 3.63) is 0 Å². The number of ether oxygens (including phenoxy) is 1. The zero-order chi connectivity index (χ0) is 10.7. The number of hydrogen-bond donors (Lipinski definition) is 1. The van der Waals surface area contributed by atoms with Crippen LogP contribution in [0.1, 0.15) is 39.0 Å². The third-order valence-corrected chi connectivity index (χ3v) is 3.81. The molecule has 1 heterocycles. The number of hydrogen-bond acceptors (Lipinski definition) is 3. The zero-order valence-corrected chi connectivity index (χ0v) is 9.82. The van der Waals surface area contributed by atoms with Crippen molar-refractivity contribution in [1.82, 2.24) is 4.90 Å². The monoisotopic (exact) mass is 212 g/mol. The van der Waals surface area contributed by atoms with Crippen molar-refractivity contribution in [1.29, 1.82) is 0 Å². The van der Waals surface area contributed by atoms with Gasteiger partial charge in [-0.2, -0.15) is 0 Å². The fourth-order valence-corrected chi connectivity index (χ4v) is 3.06. The van der Waals surface area contributed by atoms with E-state index in [1.807, 2.05) is 0 Å². The summed E-state index contributed by atoms with van der Waals surface area (Å²) in [6.45, 7) is 5.25. The molecular weight excluding hydrogens is 188 g/mol. The van der Waals surface area contributed by atoms with Gasteiger partial charge < -0.3 is 10.5 Å². The van der Waals surface area contributed by atoms with Gasteiger partial charge in [-0.15, -0.1) is 0 Å². The minimum atomic E-state index is 0.408.